The minimum Gasteiger partial charge on any atom is -0.482 e. The van der Waals surface area contributed by atoms with Crippen molar-refractivity contribution in [2.75, 3.05) is 31.6 Å². The highest BCUT2D eigenvalue weighted by Crippen LogP contribution is 2.34. The number of amides is 2. The SMILES string of the molecule is CCCCN(CCCC)C(=O)c1cc(C)n(-c2ccc(NC(=O)COc3ccccc3Cl)cc2C(O)N2Cc3ccccc3CC2CO)n1. The Bertz CT molecular complexity index is 1740. The molecule has 2 amide bonds. The normalized spacial score (nSPS) is 15.0. The van der Waals surface area contributed by atoms with E-state index in [1.54, 1.807) is 53.2 Å². The van der Waals surface area contributed by atoms with Gasteiger partial charge in [-0.05, 0) is 73.7 Å². The monoisotopic (exact) mass is 687 g/mol. The van der Waals surface area contributed by atoms with Gasteiger partial charge in [-0.2, -0.15) is 5.10 Å². The van der Waals surface area contributed by atoms with Gasteiger partial charge in [-0.3, -0.25) is 14.5 Å². The number of carbonyl (C=O) groups excluding carboxylic acids is 2. The second-order valence-electron chi connectivity index (χ2n) is 12.5. The molecule has 10 nitrogen and oxygen atoms in total. The van der Waals surface area contributed by atoms with E-state index in [4.69, 9.17) is 21.4 Å². The molecular weight excluding hydrogens is 642 g/mol. The Labute approximate surface area is 293 Å². The molecule has 2 atom stereocenters. The molecule has 5 rings (SSSR count). The Kier molecular flexibility index (Phi) is 12.5. The van der Waals surface area contributed by atoms with Gasteiger partial charge in [-0.1, -0.05) is 74.7 Å². The molecule has 2 heterocycles. The molecule has 49 heavy (non-hydrogen) atoms. The van der Waals surface area contributed by atoms with Crippen LogP contribution in [0.2, 0.25) is 5.02 Å². The number of ether oxygens (including phenoxy) is 1. The minimum atomic E-state index is -1.18. The van der Waals surface area contributed by atoms with Crippen molar-refractivity contribution in [1.82, 2.24) is 19.6 Å². The lowest BCUT2D eigenvalue weighted by molar-refractivity contribution is -0.118. The summed E-state index contributed by atoms with van der Waals surface area (Å²) in [6.07, 6.45) is 3.18. The van der Waals surface area contributed by atoms with E-state index in [1.165, 1.54) is 0 Å². The molecule has 260 valence electrons. The summed E-state index contributed by atoms with van der Waals surface area (Å²) in [5.41, 5.74) is 4.70. The highest BCUT2D eigenvalue weighted by atomic mass is 35.5. The molecule has 0 bridgehead atoms. The highest BCUT2D eigenvalue weighted by molar-refractivity contribution is 6.32. The van der Waals surface area contributed by atoms with E-state index in [9.17, 15) is 19.8 Å². The average Bonchev–Trinajstić information content (AvgIpc) is 3.51. The zero-order valence-corrected chi connectivity index (χ0v) is 29.2. The largest absolute Gasteiger partial charge is 0.482 e. The number of rotatable bonds is 15. The van der Waals surface area contributed by atoms with Gasteiger partial charge in [0.2, 0.25) is 0 Å². The predicted octanol–water partition coefficient (Wildman–Crippen LogP) is 6.30. The standard InChI is InChI=1S/C38H46ClN5O5/c1-4-6-18-42(19-7-5-2)38(48)33-20-26(3)44(41-33)34-17-16-29(40-36(46)25-49-35-15-11-10-14-32(35)39)22-31(34)37(47)43-23-28-13-9-8-12-27(28)21-30(43)24-45/h8-17,20,22,30,37,45,47H,4-7,18-19,21,23-25H2,1-3H3,(H,40,46). The average molecular weight is 688 g/mol. The summed E-state index contributed by atoms with van der Waals surface area (Å²) < 4.78 is 7.30. The van der Waals surface area contributed by atoms with Gasteiger partial charge in [0, 0.05) is 42.6 Å². The lowest BCUT2D eigenvalue weighted by Crippen LogP contribution is -2.45. The van der Waals surface area contributed by atoms with Crippen LogP contribution in [0.15, 0.2) is 72.8 Å². The van der Waals surface area contributed by atoms with E-state index < -0.39 is 12.1 Å². The first-order valence-electron chi connectivity index (χ1n) is 17.0. The number of benzene rings is 3. The fraction of sp³-hybridized carbons (Fsp3) is 0.395. The first kappa shape index (κ1) is 36.1. The van der Waals surface area contributed by atoms with Gasteiger partial charge >= 0.3 is 0 Å². The zero-order valence-electron chi connectivity index (χ0n) is 28.4. The Hall–Kier alpha value is -4.22. The number of fused-ring (bicyclic) bond motifs is 1. The van der Waals surface area contributed by atoms with Gasteiger partial charge in [0.25, 0.3) is 11.8 Å². The molecule has 4 aromatic rings. The van der Waals surface area contributed by atoms with Gasteiger partial charge in [0.15, 0.2) is 12.3 Å². The maximum absolute atomic E-state index is 13.7. The van der Waals surface area contributed by atoms with Crippen molar-refractivity contribution in [3.05, 3.63) is 106 Å². The van der Waals surface area contributed by atoms with Gasteiger partial charge in [0.1, 0.15) is 12.0 Å². The third kappa shape index (κ3) is 8.69. The maximum Gasteiger partial charge on any atom is 0.274 e. The Morgan fingerprint density at radius 2 is 1.71 bits per heavy atom. The van der Waals surface area contributed by atoms with Crippen molar-refractivity contribution in [3.63, 3.8) is 0 Å². The van der Waals surface area contributed by atoms with Gasteiger partial charge in [-0.15, -0.1) is 0 Å². The van der Waals surface area contributed by atoms with Gasteiger partial charge < -0.3 is 25.2 Å². The van der Waals surface area contributed by atoms with Crippen LogP contribution >= 0.6 is 11.6 Å². The number of hydrogen-bond donors (Lipinski definition) is 3. The first-order valence-corrected chi connectivity index (χ1v) is 17.4. The quantitative estimate of drug-likeness (QED) is 0.134. The summed E-state index contributed by atoms with van der Waals surface area (Å²) in [5, 5.41) is 30.5. The molecule has 0 aliphatic carbocycles. The number of aromatic nitrogens is 2. The molecule has 1 aliphatic rings. The summed E-state index contributed by atoms with van der Waals surface area (Å²) in [4.78, 5) is 30.4. The topological polar surface area (TPSA) is 120 Å². The fourth-order valence-electron chi connectivity index (χ4n) is 6.17. The molecule has 0 spiro atoms. The summed E-state index contributed by atoms with van der Waals surface area (Å²) in [6, 6.07) is 21.6. The van der Waals surface area contributed by atoms with E-state index in [0.29, 0.717) is 59.5 Å². The Morgan fingerprint density at radius 3 is 2.41 bits per heavy atom. The van der Waals surface area contributed by atoms with E-state index in [0.717, 1.165) is 42.5 Å². The molecule has 3 aromatic carbocycles. The van der Waals surface area contributed by atoms with E-state index in [1.807, 2.05) is 41.0 Å². The molecule has 2 unspecified atom stereocenters. The smallest absolute Gasteiger partial charge is 0.274 e. The molecule has 11 heteroatoms. The van der Waals surface area contributed by atoms with E-state index in [-0.39, 0.29) is 25.2 Å². The highest BCUT2D eigenvalue weighted by Gasteiger charge is 2.33. The van der Waals surface area contributed by atoms with Crippen LogP contribution in [0, 0.1) is 6.92 Å². The number of halogens is 1. The Morgan fingerprint density at radius 1 is 1.02 bits per heavy atom. The van der Waals surface area contributed by atoms with Crippen LogP contribution in [0.3, 0.4) is 0 Å². The summed E-state index contributed by atoms with van der Waals surface area (Å²) in [7, 11) is 0. The molecule has 3 N–H and O–H groups in total. The van der Waals surface area contributed by atoms with Crippen molar-refractivity contribution in [1.29, 1.82) is 0 Å². The number of aryl methyl sites for hydroxylation is 1. The van der Waals surface area contributed by atoms with Crippen LogP contribution < -0.4 is 10.1 Å². The third-order valence-corrected chi connectivity index (χ3v) is 9.20. The number of para-hydroxylation sites is 1. The van der Waals surface area contributed by atoms with Crippen LogP contribution in [0.4, 0.5) is 5.69 Å². The maximum atomic E-state index is 13.7. The summed E-state index contributed by atoms with van der Waals surface area (Å²) in [5.74, 6) is -0.134. The fourth-order valence-corrected chi connectivity index (χ4v) is 6.36. The van der Waals surface area contributed by atoms with Crippen LogP contribution in [-0.2, 0) is 17.8 Å². The second-order valence-corrected chi connectivity index (χ2v) is 12.9. The van der Waals surface area contributed by atoms with Crippen LogP contribution in [0.5, 0.6) is 5.75 Å². The number of carbonyl (C=O) groups is 2. The van der Waals surface area contributed by atoms with Crippen LogP contribution in [0.25, 0.3) is 5.69 Å². The third-order valence-electron chi connectivity index (χ3n) is 8.89. The molecule has 0 saturated heterocycles. The van der Waals surface area contributed by atoms with Crippen molar-refractivity contribution >= 4 is 29.1 Å². The number of anilines is 1. The number of nitrogens with one attached hydrogen (secondary N) is 1. The molecular formula is C38H46ClN5O5. The van der Waals surface area contributed by atoms with Crippen LogP contribution in [-0.4, -0.2) is 74.0 Å². The second kappa shape index (κ2) is 16.9. The number of nitrogens with zero attached hydrogens (tertiary/aromatic N) is 4. The number of aliphatic hydroxyl groups is 2. The minimum absolute atomic E-state index is 0.124. The van der Waals surface area contributed by atoms with Gasteiger partial charge in [0.05, 0.1) is 17.3 Å². The molecule has 0 fully saturated rings. The van der Waals surface area contributed by atoms with E-state index >= 15 is 0 Å². The van der Waals surface area contributed by atoms with Crippen molar-refractivity contribution in [2.45, 2.75) is 71.7 Å². The summed E-state index contributed by atoms with van der Waals surface area (Å²) >= 11 is 6.19. The number of hydrogen-bond acceptors (Lipinski definition) is 7. The van der Waals surface area contributed by atoms with Crippen molar-refractivity contribution in [3.8, 4) is 11.4 Å². The van der Waals surface area contributed by atoms with Gasteiger partial charge in [-0.25, -0.2) is 4.68 Å². The van der Waals surface area contributed by atoms with E-state index in [2.05, 4.69) is 19.2 Å². The molecule has 0 saturated carbocycles. The number of unbranched alkanes of at least 4 members (excludes halogenated alkanes) is 2. The summed E-state index contributed by atoms with van der Waals surface area (Å²) in [6.45, 7) is 7.41. The molecule has 1 aliphatic heterocycles. The lowest BCUT2D eigenvalue weighted by atomic mass is 9.93. The van der Waals surface area contributed by atoms with Crippen LogP contribution in [0.1, 0.15) is 78.6 Å². The number of aliphatic hydroxyl groups excluding tert-OH is 2. The van der Waals surface area contributed by atoms with Crippen molar-refractivity contribution in [2.24, 2.45) is 0 Å². The lowest BCUT2D eigenvalue weighted by Gasteiger charge is -2.39. The Balaban J connectivity index is 1.48. The first-order chi connectivity index (χ1) is 23.7. The zero-order chi connectivity index (χ0) is 34.9. The molecule has 0 radical (unpaired) electrons. The molecule has 1 aromatic heterocycles. The van der Waals surface area contributed by atoms with Crippen molar-refractivity contribution < 1.29 is 24.5 Å². The predicted molar refractivity (Wildman–Crippen MR) is 191 cm³/mol.